The Hall–Kier alpha value is -4.14. The molecule has 1 N–H and O–H groups in total. The number of hydrogen-bond donors (Lipinski definition) is 1. The zero-order valence-electron chi connectivity index (χ0n) is 20.0. The van der Waals surface area contributed by atoms with Crippen molar-refractivity contribution in [2.45, 2.75) is 25.9 Å². The fourth-order valence-corrected chi connectivity index (χ4v) is 4.13. The number of rotatable bonds is 7. The molecule has 35 heavy (non-hydrogen) atoms. The number of hydrogen-bond acceptors (Lipinski definition) is 6. The van der Waals surface area contributed by atoms with Crippen molar-refractivity contribution in [3.8, 4) is 11.5 Å². The van der Waals surface area contributed by atoms with Gasteiger partial charge in [0.2, 0.25) is 5.91 Å². The van der Waals surface area contributed by atoms with Crippen molar-refractivity contribution < 1.29 is 19.1 Å². The topological polar surface area (TPSA) is 95.8 Å². The third kappa shape index (κ3) is 5.18. The summed E-state index contributed by atoms with van der Waals surface area (Å²) < 4.78 is 10.9. The van der Waals surface area contributed by atoms with Gasteiger partial charge in [0.1, 0.15) is 0 Å². The molecule has 2 aliphatic rings. The van der Waals surface area contributed by atoms with E-state index in [-0.39, 0.29) is 24.3 Å². The number of aliphatic imine (C=N–C) groups is 1. The Morgan fingerprint density at radius 2 is 1.91 bits per heavy atom. The summed E-state index contributed by atoms with van der Waals surface area (Å²) in [5.74, 6) is 0.967. The zero-order valence-corrected chi connectivity index (χ0v) is 20.0. The van der Waals surface area contributed by atoms with Crippen LogP contribution in [0, 0.1) is 5.92 Å². The second-order valence-electron chi connectivity index (χ2n) is 8.15. The lowest BCUT2D eigenvalue weighted by molar-refractivity contribution is -0.135. The highest BCUT2D eigenvalue weighted by atomic mass is 16.5. The molecule has 0 saturated carbocycles. The van der Waals surface area contributed by atoms with Crippen molar-refractivity contribution in [3.63, 3.8) is 0 Å². The van der Waals surface area contributed by atoms with E-state index >= 15 is 0 Å². The number of amides is 3. The van der Waals surface area contributed by atoms with Gasteiger partial charge in [0.15, 0.2) is 17.7 Å². The lowest BCUT2D eigenvalue weighted by Gasteiger charge is -2.35. The predicted octanol–water partition coefficient (Wildman–Crippen LogP) is 3.93. The van der Waals surface area contributed by atoms with Crippen LogP contribution in [-0.2, 0) is 4.79 Å². The van der Waals surface area contributed by atoms with E-state index in [2.05, 4.69) is 10.3 Å². The van der Waals surface area contributed by atoms with Crippen LogP contribution in [0.2, 0.25) is 0 Å². The first-order chi connectivity index (χ1) is 17.0. The van der Waals surface area contributed by atoms with Crippen LogP contribution in [0.15, 0.2) is 71.0 Å². The van der Waals surface area contributed by atoms with Gasteiger partial charge in [0, 0.05) is 36.5 Å². The maximum atomic E-state index is 13.3. The highest BCUT2D eigenvalue weighted by Gasteiger charge is 2.35. The fraction of sp³-hybridized carbons (Fsp3) is 0.308. The molecule has 9 nitrogen and oxygen atoms in total. The van der Waals surface area contributed by atoms with Gasteiger partial charge in [0.25, 0.3) is 0 Å². The molecular formula is C26H29N5O4. The Balaban J connectivity index is 1.74. The monoisotopic (exact) mass is 475 g/mol. The summed E-state index contributed by atoms with van der Waals surface area (Å²) in [6, 6.07) is 14.6. The van der Waals surface area contributed by atoms with E-state index in [0.717, 1.165) is 23.3 Å². The van der Waals surface area contributed by atoms with Crippen molar-refractivity contribution in [3.05, 3.63) is 72.1 Å². The highest BCUT2D eigenvalue weighted by Crippen LogP contribution is 2.33. The van der Waals surface area contributed by atoms with E-state index < -0.39 is 6.17 Å². The van der Waals surface area contributed by atoms with Crippen LogP contribution in [0.1, 0.15) is 37.1 Å². The smallest absolute Gasteiger partial charge is 0.323 e. The molecule has 0 bridgehead atoms. The van der Waals surface area contributed by atoms with Crippen molar-refractivity contribution >= 4 is 23.9 Å². The first-order valence-corrected chi connectivity index (χ1v) is 11.5. The second-order valence-corrected chi connectivity index (χ2v) is 8.15. The molecule has 2 aromatic carbocycles. The van der Waals surface area contributed by atoms with Gasteiger partial charge in [-0.1, -0.05) is 37.3 Å². The predicted molar refractivity (Wildman–Crippen MR) is 133 cm³/mol. The van der Waals surface area contributed by atoms with Crippen molar-refractivity contribution in [1.29, 1.82) is 0 Å². The first kappa shape index (κ1) is 24.0. The molecule has 2 atom stereocenters. The molecule has 182 valence electrons. The van der Waals surface area contributed by atoms with E-state index in [0.29, 0.717) is 18.0 Å². The average molecular weight is 476 g/mol. The summed E-state index contributed by atoms with van der Waals surface area (Å²) in [4.78, 5) is 31.8. The van der Waals surface area contributed by atoms with E-state index in [9.17, 15) is 9.59 Å². The van der Waals surface area contributed by atoms with E-state index in [1.165, 1.54) is 9.91 Å². The van der Waals surface area contributed by atoms with E-state index in [4.69, 9.17) is 14.6 Å². The lowest BCUT2D eigenvalue weighted by atomic mass is 9.89. The number of benzene rings is 2. The Morgan fingerprint density at radius 3 is 2.57 bits per heavy atom. The number of methoxy groups -OCH3 is 2. The summed E-state index contributed by atoms with van der Waals surface area (Å²) >= 11 is 0. The molecule has 2 heterocycles. The van der Waals surface area contributed by atoms with Crippen molar-refractivity contribution in [1.82, 2.24) is 15.2 Å². The van der Waals surface area contributed by atoms with Gasteiger partial charge in [-0.2, -0.15) is 5.10 Å². The maximum Gasteiger partial charge on any atom is 0.323 e. The number of hydrazone groups is 1. The van der Waals surface area contributed by atoms with Gasteiger partial charge in [0.05, 0.1) is 26.5 Å². The number of nitrogens with zero attached hydrogens (tertiary/aromatic N) is 4. The van der Waals surface area contributed by atoms with Gasteiger partial charge in [-0.3, -0.25) is 14.7 Å². The molecule has 2 aromatic rings. The normalized spacial score (nSPS) is 18.2. The summed E-state index contributed by atoms with van der Waals surface area (Å²) in [6.45, 7) is 2.38. The average Bonchev–Trinajstić information content (AvgIpc) is 2.92. The van der Waals surface area contributed by atoms with Crippen molar-refractivity contribution in [2.75, 3.05) is 20.8 Å². The minimum atomic E-state index is -0.781. The fourth-order valence-electron chi connectivity index (χ4n) is 4.13. The van der Waals surface area contributed by atoms with Crippen LogP contribution in [0.4, 0.5) is 4.79 Å². The summed E-state index contributed by atoms with van der Waals surface area (Å²) in [6.07, 6.45) is 5.03. The third-order valence-corrected chi connectivity index (χ3v) is 6.05. The molecule has 0 saturated heterocycles. The molecule has 9 heteroatoms. The van der Waals surface area contributed by atoms with Crippen LogP contribution in [0.25, 0.3) is 0 Å². The largest absolute Gasteiger partial charge is 0.493 e. The minimum absolute atomic E-state index is 0.0646. The molecular weight excluding hydrogens is 446 g/mol. The molecule has 3 amide bonds. The maximum absolute atomic E-state index is 13.3. The van der Waals surface area contributed by atoms with Crippen LogP contribution < -0.4 is 14.8 Å². The molecule has 0 fully saturated rings. The quantitative estimate of drug-likeness (QED) is 0.656. The Bertz CT molecular complexity index is 1160. The number of urea groups is 1. The van der Waals surface area contributed by atoms with Gasteiger partial charge in [-0.05, 0) is 30.2 Å². The molecule has 0 radical (unpaired) electrons. The SMILES string of the molecule is CCC1CC(=O)N(C(NC(=O)N2C=CN=CC2)c2ccccc2)N=C1c1ccc(OC)c(OC)c1. The van der Waals surface area contributed by atoms with Crippen LogP contribution >= 0.6 is 0 Å². The first-order valence-electron chi connectivity index (χ1n) is 11.5. The van der Waals surface area contributed by atoms with Crippen LogP contribution in [-0.4, -0.2) is 54.5 Å². The van der Waals surface area contributed by atoms with E-state index in [1.54, 1.807) is 32.8 Å². The Kier molecular flexibility index (Phi) is 7.45. The van der Waals surface area contributed by atoms with Crippen molar-refractivity contribution in [2.24, 2.45) is 16.0 Å². The summed E-state index contributed by atoms with van der Waals surface area (Å²) in [5.41, 5.74) is 2.34. The second kappa shape index (κ2) is 10.9. The molecule has 2 aliphatic heterocycles. The van der Waals surface area contributed by atoms with Gasteiger partial charge >= 0.3 is 6.03 Å². The zero-order chi connectivity index (χ0) is 24.8. The van der Waals surface area contributed by atoms with Gasteiger partial charge < -0.3 is 14.8 Å². The summed E-state index contributed by atoms with van der Waals surface area (Å²) in [7, 11) is 3.17. The molecule has 0 aromatic heterocycles. The molecule has 2 unspecified atom stereocenters. The van der Waals surface area contributed by atoms with Crippen LogP contribution in [0.5, 0.6) is 11.5 Å². The molecule has 4 rings (SSSR count). The third-order valence-electron chi connectivity index (χ3n) is 6.05. The Labute approximate surface area is 204 Å². The lowest BCUT2D eigenvalue weighted by Crippen LogP contribution is -2.49. The molecule has 0 spiro atoms. The number of nitrogens with one attached hydrogen (secondary N) is 1. The number of carbonyl (C=O) groups is 2. The van der Waals surface area contributed by atoms with Crippen LogP contribution in [0.3, 0.4) is 0 Å². The molecule has 0 aliphatic carbocycles. The number of ether oxygens (including phenoxy) is 2. The summed E-state index contributed by atoms with van der Waals surface area (Å²) in [5, 5.41) is 9.18. The minimum Gasteiger partial charge on any atom is -0.493 e. The van der Waals surface area contributed by atoms with Gasteiger partial charge in [-0.15, -0.1) is 0 Å². The van der Waals surface area contributed by atoms with E-state index in [1.807, 2.05) is 55.5 Å². The highest BCUT2D eigenvalue weighted by molar-refractivity contribution is 6.06. The Morgan fingerprint density at radius 1 is 1.14 bits per heavy atom. The number of carbonyl (C=O) groups excluding carboxylic acids is 2. The standard InChI is InChI=1S/C26H29N5O4/c1-4-18-17-23(32)31(29-24(18)20-10-11-21(34-2)22(16-20)35-3)25(19-8-6-5-7-9-19)28-26(33)30-14-12-27-13-15-30/h5-14,16,18,25H,4,15,17H2,1-3H3,(H,28,33). The van der Waals surface area contributed by atoms with Gasteiger partial charge in [-0.25, -0.2) is 9.80 Å².